The Hall–Kier alpha value is -0.140. The van der Waals surface area contributed by atoms with Gasteiger partial charge in [0.1, 0.15) is 4.21 Å². The lowest BCUT2D eigenvalue weighted by molar-refractivity contribution is 0.146. The van der Waals surface area contributed by atoms with Crippen molar-refractivity contribution in [2.75, 3.05) is 19.8 Å². The van der Waals surface area contributed by atoms with Crippen molar-refractivity contribution in [3.05, 3.63) is 16.5 Å². The monoisotopic (exact) mass is 283 g/mol. The summed E-state index contributed by atoms with van der Waals surface area (Å²) in [6.07, 6.45) is 0.659. The molecule has 0 bridgehead atoms. The van der Waals surface area contributed by atoms with Crippen molar-refractivity contribution in [1.29, 1.82) is 0 Å². The van der Waals surface area contributed by atoms with Gasteiger partial charge in [-0.1, -0.05) is 11.6 Å². The second kappa shape index (κ2) is 6.56. The maximum absolute atomic E-state index is 11.7. The van der Waals surface area contributed by atoms with Crippen LogP contribution in [0.2, 0.25) is 4.34 Å². The first-order chi connectivity index (χ1) is 7.56. The number of hydrogen-bond donors (Lipinski definition) is 1. The van der Waals surface area contributed by atoms with Gasteiger partial charge in [-0.05, 0) is 25.5 Å². The lowest BCUT2D eigenvalue weighted by Crippen LogP contribution is -2.24. The first-order valence-electron chi connectivity index (χ1n) is 4.89. The Morgan fingerprint density at radius 3 is 2.81 bits per heavy atom. The highest BCUT2D eigenvalue weighted by Gasteiger charge is 2.15. The third-order valence-corrected chi connectivity index (χ3v) is 4.96. The van der Waals surface area contributed by atoms with E-state index >= 15 is 0 Å². The average molecular weight is 284 g/mol. The molecule has 0 aliphatic heterocycles. The van der Waals surface area contributed by atoms with Crippen LogP contribution in [0.25, 0.3) is 0 Å². The maximum Gasteiger partial charge on any atom is 0.250 e. The van der Waals surface area contributed by atoms with Crippen molar-refractivity contribution in [3.8, 4) is 0 Å². The fourth-order valence-corrected chi connectivity index (χ4v) is 3.64. The molecule has 1 aromatic heterocycles. The normalized spacial score (nSPS) is 11.9. The minimum Gasteiger partial charge on any atom is -0.382 e. The van der Waals surface area contributed by atoms with Crippen LogP contribution in [0.3, 0.4) is 0 Å². The van der Waals surface area contributed by atoms with E-state index in [1.165, 1.54) is 6.07 Å². The fraction of sp³-hybridized carbons (Fsp3) is 0.556. The van der Waals surface area contributed by atoms with Gasteiger partial charge in [0, 0.05) is 19.8 Å². The predicted octanol–water partition coefficient (Wildman–Crippen LogP) is 2.11. The molecule has 16 heavy (non-hydrogen) atoms. The summed E-state index contributed by atoms with van der Waals surface area (Å²) < 4.78 is 31.7. The molecule has 7 heteroatoms. The molecule has 0 unspecified atom stereocenters. The second-order valence-electron chi connectivity index (χ2n) is 3.01. The van der Waals surface area contributed by atoms with Crippen LogP contribution < -0.4 is 4.72 Å². The molecule has 0 saturated carbocycles. The quantitative estimate of drug-likeness (QED) is 0.780. The Balaban J connectivity index is 2.41. The molecule has 1 heterocycles. The van der Waals surface area contributed by atoms with Crippen LogP contribution in [0.15, 0.2) is 16.3 Å². The zero-order chi connectivity index (χ0) is 12.0. The highest BCUT2D eigenvalue weighted by Crippen LogP contribution is 2.25. The summed E-state index contributed by atoms with van der Waals surface area (Å²) in [6.45, 7) is 3.48. The number of halogens is 1. The summed E-state index contributed by atoms with van der Waals surface area (Å²) in [5, 5.41) is 0. The fourth-order valence-electron chi connectivity index (χ4n) is 1.04. The van der Waals surface area contributed by atoms with Crippen LogP contribution in [-0.4, -0.2) is 28.2 Å². The Labute approximate surface area is 105 Å². The van der Waals surface area contributed by atoms with Crippen molar-refractivity contribution in [3.63, 3.8) is 0 Å². The molecule has 0 spiro atoms. The second-order valence-corrected chi connectivity index (χ2v) is 6.72. The lowest BCUT2D eigenvalue weighted by atomic mass is 10.5. The molecule has 1 rings (SSSR count). The summed E-state index contributed by atoms with van der Waals surface area (Å²) in [7, 11) is -3.40. The van der Waals surface area contributed by atoms with Gasteiger partial charge in [0.25, 0.3) is 0 Å². The van der Waals surface area contributed by atoms with Gasteiger partial charge in [-0.25, -0.2) is 13.1 Å². The Morgan fingerprint density at radius 2 is 2.25 bits per heavy atom. The van der Waals surface area contributed by atoms with Gasteiger partial charge in [0.05, 0.1) is 4.34 Å². The van der Waals surface area contributed by atoms with E-state index in [4.69, 9.17) is 16.3 Å². The van der Waals surface area contributed by atoms with Crippen molar-refractivity contribution in [1.82, 2.24) is 4.72 Å². The van der Waals surface area contributed by atoms with E-state index in [0.29, 0.717) is 30.5 Å². The minimum atomic E-state index is -3.40. The van der Waals surface area contributed by atoms with Gasteiger partial charge >= 0.3 is 0 Å². The van der Waals surface area contributed by atoms with Crippen molar-refractivity contribution < 1.29 is 13.2 Å². The first-order valence-corrected chi connectivity index (χ1v) is 7.57. The largest absolute Gasteiger partial charge is 0.382 e. The van der Waals surface area contributed by atoms with E-state index in [9.17, 15) is 8.42 Å². The SMILES string of the molecule is CCOCCCNS(=O)(=O)c1ccc(Cl)s1. The van der Waals surface area contributed by atoms with Crippen LogP contribution >= 0.6 is 22.9 Å². The molecule has 1 N–H and O–H groups in total. The lowest BCUT2D eigenvalue weighted by Gasteiger charge is -2.04. The summed E-state index contributed by atoms with van der Waals surface area (Å²) in [5.41, 5.74) is 0. The number of thiophene rings is 1. The van der Waals surface area contributed by atoms with Gasteiger partial charge < -0.3 is 4.74 Å². The molecule has 0 aliphatic carbocycles. The molecule has 0 aromatic carbocycles. The van der Waals surface area contributed by atoms with Gasteiger partial charge in [-0.2, -0.15) is 0 Å². The highest BCUT2D eigenvalue weighted by atomic mass is 35.5. The Bertz CT molecular complexity index is 416. The van der Waals surface area contributed by atoms with E-state index in [1.54, 1.807) is 6.07 Å². The predicted molar refractivity (Wildman–Crippen MR) is 65.6 cm³/mol. The molecule has 0 fully saturated rings. The van der Waals surface area contributed by atoms with E-state index in [-0.39, 0.29) is 4.21 Å². The zero-order valence-electron chi connectivity index (χ0n) is 8.90. The van der Waals surface area contributed by atoms with Crippen molar-refractivity contribution in [2.24, 2.45) is 0 Å². The summed E-state index contributed by atoms with van der Waals surface area (Å²) in [6, 6.07) is 3.07. The van der Waals surface area contributed by atoms with Crippen LogP contribution in [0.1, 0.15) is 13.3 Å². The minimum absolute atomic E-state index is 0.244. The third kappa shape index (κ3) is 4.39. The van der Waals surface area contributed by atoms with E-state index in [0.717, 1.165) is 11.3 Å². The zero-order valence-corrected chi connectivity index (χ0v) is 11.3. The van der Waals surface area contributed by atoms with Crippen LogP contribution in [-0.2, 0) is 14.8 Å². The Morgan fingerprint density at radius 1 is 1.50 bits per heavy atom. The molecule has 0 atom stereocenters. The van der Waals surface area contributed by atoms with Gasteiger partial charge in [-0.3, -0.25) is 0 Å². The molecular weight excluding hydrogens is 270 g/mol. The van der Waals surface area contributed by atoms with Crippen LogP contribution in [0.5, 0.6) is 0 Å². The topological polar surface area (TPSA) is 55.4 Å². The molecule has 0 aliphatic rings. The summed E-state index contributed by atoms with van der Waals surface area (Å²) >= 11 is 6.72. The molecule has 0 amide bonds. The number of hydrogen-bond acceptors (Lipinski definition) is 4. The highest BCUT2D eigenvalue weighted by molar-refractivity contribution is 7.91. The van der Waals surface area contributed by atoms with E-state index < -0.39 is 10.0 Å². The molecule has 1 aromatic rings. The smallest absolute Gasteiger partial charge is 0.250 e. The molecule has 0 radical (unpaired) electrons. The standard InChI is InChI=1S/C9H14ClNO3S2/c1-2-14-7-3-6-11-16(12,13)9-5-4-8(10)15-9/h4-5,11H,2-3,6-7H2,1H3. The number of rotatable bonds is 7. The number of sulfonamides is 1. The number of ether oxygens (including phenoxy) is 1. The van der Waals surface area contributed by atoms with Gasteiger partial charge in [-0.15, -0.1) is 11.3 Å². The Kier molecular flexibility index (Phi) is 5.71. The maximum atomic E-state index is 11.7. The van der Waals surface area contributed by atoms with Gasteiger partial charge in [0.15, 0.2) is 0 Å². The molecular formula is C9H14ClNO3S2. The van der Waals surface area contributed by atoms with Crippen LogP contribution in [0, 0.1) is 0 Å². The molecule has 0 saturated heterocycles. The first kappa shape index (κ1) is 13.9. The van der Waals surface area contributed by atoms with E-state index in [1.807, 2.05) is 6.92 Å². The third-order valence-electron chi connectivity index (χ3n) is 1.78. The number of nitrogens with one attached hydrogen (secondary N) is 1. The molecule has 92 valence electrons. The van der Waals surface area contributed by atoms with E-state index in [2.05, 4.69) is 4.72 Å². The summed E-state index contributed by atoms with van der Waals surface area (Å²) in [4.78, 5) is 0. The summed E-state index contributed by atoms with van der Waals surface area (Å²) in [5.74, 6) is 0. The van der Waals surface area contributed by atoms with Crippen molar-refractivity contribution in [2.45, 2.75) is 17.6 Å². The average Bonchev–Trinajstić information content (AvgIpc) is 2.65. The van der Waals surface area contributed by atoms with Gasteiger partial charge in [0.2, 0.25) is 10.0 Å². The molecule has 4 nitrogen and oxygen atoms in total. The van der Waals surface area contributed by atoms with Crippen LogP contribution in [0.4, 0.5) is 0 Å². The van der Waals surface area contributed by atoms with Crippen molar-refractivity contribution >= 4 is 33.0 Å².